The Bertz CT molecular complexity index is 866. The molecule has 0 atom stereocenters. The third-order valence-corrected chi connectivity index (χ3v) is 4.59. The third-order valence-electron chi connectivity index (χ3n) is 4.22. The van der Waals surface area contributed by atoms with Crippen molar-refractivity contribution >= 4 is 17.5 Å². The number of carbonyl (C=O) groups excluding carboxylic acids is 1. The molecule has 6 nitrogen and oxygen atoms in total. The van der Waals surface area contributed by atoms with Crippen molar-refractivity contribution in [3.63, 3.8) is 0 Å². The molecule has 7 heteroatoms. The average molecular weight is 348 g/mol. The monoisotopic (exact) mass is 347 g/mol. The number of aromatic amines is 1. The summed E-state index contributed by atoms with van der Waals surface area (Å²) in [5, 5.41) is 0.469. The summed E-state index contributed by atoms with van der Waals surface area (Å²) in [4.78, 5) is 41.4. The zero-order valence-electron chi connectivity index (χ0n) is 13.1. The molecule has 24 heavy (non-hydrogen) atoms. The van der Waals surface area contributed by atoms with Crippen LogP contribution in [-0.4, -0.2) is 33.4 Å². The maximum Gasteiger partial charge on any atom is 0.328 e. The van der Waals surface area contributed by atoms with Crippen molar-refractivity contribution in [2.75, 3.05) is 13.1 Å². The van der Waals surface area contributed by atoms with Crippen molar-refractivity contribution in [1.82, 2.24) is 14.5 Å². The second-order valence-corrected chi connectivity index (χ2v) is 6.25. The van der Waals surface area contributed by atoms with Gasteiger partial charge in [-0.2, -0.15) is 0 Å². The van der Waals surface area contributed by atoms with Crippen LogP contribution in [0.5, 0.6) is 0 Å². The van der Waals surface area contributed by atoms with Gasteiger partial charge in [0.1, 0.15) is 5.56 Å². The Kier molecular flexibility index (Phi) is 4.85. The number of aromatic nitrogens is 2. The molecule has 0 unspecified atom stereocenters. The minimum absolute atomic E-state index is 0.0106. The standard InChI is InChI=1S/C17H18ClN3O3/c18-14-7-3-2-6-12(14)11-21-16(23)13(10-19-17(21)24)15(22)20-8-4-1-5-9-20/h2-3,6-7,10H,1,4-5,8-9,11H2,(H,19,24). The quantitative estimate of drug-likeness (QED) is 0.920. The molecule has 1 amide bonds. The first-order valence-electron chi connectivity index (χ1n) is 7.93. The molecule has 3 rings (SSSR count). The van der Waals surface area contributed by atoms with Crippen LogP contribution in [0.3, 0.4) is 0 Å². The van der Waals surface area contributed by atoms with Crippen LogP contribution in [0, 0.1) is 0 Å². The number of likely N-dealkylation sites (tertiary alicyclic amines) is 1. The maximum atomic E-state index is 12.6. The number of hydrogen-bond acceptors (Lipinski definition) is 3. The molecule has 0 aliphatic carbocycles. The van der Waals surface area contributed by atoms with E-state index in [-0.39, 0.29) is 18.0 Å². The van der Waals surface area contributed by atoms with Gasteiger partial charge in [-0.1, -0.05) is 29.8 Å². The number of benzene rings is 1. The van der Waals surface area contributed by atoms with Crippen LogP contribution in [0.4, 0.5) is 0 Å². The van der Waals surface area contributed by atoms with Crippen molar-refractivity contribution in [2.24, 2.45) is 0 Å². The van der Waals surface area contributed by atoms with Crippen molar-refractivity contribution < 1.29 is 4.79 Å². The number of hydrogen-bond donors (Lipinski definition) is 1. The predicted molar refractivity (Wildman–Crippen MR) is 91.6 cm³/mol. The van der Waals surface area contributed by atoms with Crippen molar-refractivity contribution in [3.8, 4) is 0 Å². The normalized spacial score (nSPS) is 14.6. The molecule has 0 spiro atoms. The highest BCUT2D eigenvalue weighted by Gasteiger charge is 2.22. The van der Waals surface area contributed by atoms with Gasteiger partial charge in [0.15, 0.2) is 0 Å². The molecule has 1 fully saturated rings. The zero-order chi connectivity index (χ0) is 17.1. The summed E-state index contributed by atoms with van der Waals surface area (Å²) in [5.41, 5.74) is -0.512. The van der Waals surface area contributed by atoms with E-state index in [0.717, 1.165) is 23.8 Å². The lowest BCUT2D eigenvalue weighted by atomic mass is 10.1. The fourth-order valence-electron chi connectivity index (χ4n) is 2.87. The lowest BCUT2D eigenvalue weighted by molar-refractivity contribution is 0.0721. The Hall–Kier alpha value is -2.34. The number of amides is 1. The number of nitrogens with one attached hydrogen (secondary N) is 1. The van der Waals surface area contributed by atoms with Gasteiger partial charge in [-0.25, -0.2) is 4.79 Å². The highest BCUT2D eigenvalue weighted by molar-refractivity contribution is 6.31. The van der Waals surface area contributed by atoms with Crippen molar-refractivity contribution in [1.29, 1.82) is 0 Å². The van der Waals surface area contributed by atoms with Crippen LogP contribution >= 0.6 is 11.6 Å². The number of rotatable bonds is 3. The molecule has 126 valence electrons. The Morgan fingerprint density at radius 3 is 2.54 bits per heavy atom. The van der Waals surface area contributed by atoms with Gasteiger partial charge in [0, 0.05) is 24.3 Å². The molecule has 1 saturated heterocycles. The average Bonchev–Trinajstić information content (AvgIpc) is 2.60. The first kappa shape index (κ1) is 16.5. The first-order valence-corrected chi connectivity index (χ1v) is 8.31. The molecule has 0 bridgehead atoms. The second kappa shape index (κ2) is 7.05. The summed E-state index contributed by atoms with van der Waals surface area (Å²) in [6.45, 7) is 1.30. The fraction of sp³-hybridized carbons (Fsp3) is 0.353. The number of piperidine rings is 1. The van der Waals surface area contributed by atoms with Gasteiger partial charge in [-0.05, 0) is 30.9 Å². The largest absolute Gasteiger partial charge is 0.338 e. The van der Waals surface area contributed by atoms with Gasteiger partial charge < -0.3 is 9.88 Å². The van der Waals surface area contributed by atoms with Crippen molar-refractivity contribution in [2.45, 2.75) is 25.8 Å². The Labute approximate surface area is 143 Å². The number of H-pyrrole nitrogens is 1. The molecule has 0 saturated carbocycles. The van der Waals surface area contributed by atoms with Gasteiger partial charge >= 0.3 is 5.69 Å². The molecule has 1 aromatic heterocycles. The maximum absolute atomic E-state index is 12.6. The topological polar surface area (TPSA) is 75.2 Å². The molecular weight excluding hydrogens is 330 g/mol. The Balaban J connectivity index is 1.96. The Morgan fingerprint density at radius 2 is 1.83 bits per heavy atom. The van der Waals surface area contributed by atoms with Crippen LogP contribution < -0.4 is 11.2 Å². The highest BCUT2D eigenvalue weighted by atomic mass is 35.5. The van der Waals surface area contributed by atoms with E-state index in [9.17, 15) is 14.4 Å². The predicted octanol–water partition coefficient (Wildman–Crippen LogP) is 1.86. The van der Waals surface area contributed by atoms with Gasteiger partial charge in [-0.15, -0.1) is 0 Å². The van der Waals surface area contributed by atoms with Crippen LogP contribution in [-0.2, 0) is 6.54 Å². The van der Waals surface area contributed by atoms with E-state index in [1.807, 2.05) is 0 Å². The summed E-state index contributed by atoms with van der Waals surface area (Å²) in [5.74, 6) is -0.330. The van der Waals surface area contributed by atoms with E-state index >= 15 is 0 Å². The summed E-state index contributed by atoms with van der Waals surface area (Å²) in [6.07, 6.45) is 4.17. The summed E-state index contributed by atoms with van der Waals surface area (Å²) < 4.78 is 1.01. The van der Waals surface area contributed by atoms with E-state index in [0.29, 0.717) is 23.7 Å². The van der Waals surface area contributed by atoms with E-state index < -0.39 is 11.2 Å². The summed E-state index contributed by atoms with van der Waals surface area (Å²) in [7, 11) is 0. The van der Waals surface area contributed by atoms with Gasteiger partial charge in [-0.3, -0.25) is 14.2 Å². The van der Waals surface area contributed by atoms with Gasteiger partial charge in [0.05, 0.1) is 6.54 Å². The van der Waals surface area contributed by atoms with Crippen LogP contribution in [0.15, 0.2) is 40.1 Å². The molecule has 1 N–H and O–H groups in total. The van der Waals surface area contributed by atoms with Gasteiger partial charge in [0.2, 0.25) is 0 Å². The van der Waals surface area contributed by atoms with Gasteiger partial charge in [0.25, 0.3) is 11.5 Å². The van der Waals surface area contributed by atoms with Crippen LogP contribution in [0.25, 0.3) is 0 Å². The smallest absolute Gasteiger partial charge is 0.328 e. The first-order chi connectivity index (χ1) is 11.6. The number of nitrogens with zero attached hydrogens (tertiary/aromatic N) is 2. The second-order valence-electron chi connectivity index (χ2n) is 5.84. The minimum Gasteiger partial charge on any atom is -0.338 e. The van der Waals surface area contributed by atoms with E-state index in [1.165, 1.54) is 6.20 Å². The summed E-state index contributed by atoms with van der Waals surface area (Å²) in [6, 6.07) is 6.99. The SMILES string of the molecule is O=C(c1c[nH]c(=O)n(Cc2ccccc2Cl)c1=O)N1CCCCC1. The third kappa shape index (κ3) is 3.28. The molecule has 1 aromatic carbocycles. The fourth-order valence-corrected chi connectivity index (χ4v) is 3.07. The molecule has 0 radical (unpaired) electrons. The molecule has 2 aromatic rings. The lowest BCUT2D eigenvalue weighted by Gasteiger charge is -2.26. The van der Waals surface area contributed by atoms with Crippen LogP contribution in [0.1, 0.15) is 35.2 Å². The van der Waals surface area contributed by atoms with Crippen molar-refractivity contribution in [3.05, 3.63) is 67.4 Å². The Morgan fingerprint density at radius 1 is 1.12 bits per heavy atom. The van der Waals surface area contributed by atoms with Crippen LogP contribution in [0.2, 0.25) is 5.02 Å². The lowest BCUT2D eigenvalue weighted by Crippen LogP contribution is -2.43. The number of halogens is 1. The van der Waals surface area contributed by atoms with E-state index in [1.54, 1.807) is 29.2 Å². The zero-order valence-corrected chi connectivity index (χ0v) is 13.9. The molecule has 1 aliphatic heterocycles. The number of carbonyl (C=O) groups is 1. The summed E-state index contributed by atoms with van der Waals surface area (Å²) >= 11 is 6.10. The molecule has 1 aliphatic rings. The molecule has 2 heterocycles. The highest BCUT2D eigenvalue weighted by Crippen LogP contribution is 2.15. The minimum atomic E-state index is -0.589. The molecular formula is C17H18ClN3O3. The van der Waals surface area contributed by atoms with E-state index in [2.05, 4.69) is 4.98 Å². The van der Waals surface area contributed by atoms with E-state index in [4.69, 9.17) is 11.6 Å².